The summed E-state index contributed by atoms with van der Waals surface area (Å²) in [6, 6.07) is 14.8. The molecule has 0 fully saturated rings. The summed E-state index contributed by atoms with van der Waals surface area (Å²) in [5.74, 6) is 0.525. The Hall–Kier alpha value is -2.57. The van der Waals surface area contributed by atoms with Crippen molar-refractivity contribution in [2.75, 3.05) is 13.4 Å². The molecule has 0 aliphatic rings. The Morgan fingerprint density at radius 3 is 2.42 bits per heavy atom. The smallest absolute Gasteiger partial charge is 0.266 e. The van der Waals surface area contributed by atoms with E-state index in [1.165, 1.54) is 22.3 Å². The monoisotopic (exact) mass is 383 g/mol. The van der Waals surface area contributed by atoms with Crippen molar-refractivity contribution in [2.45, 2.75) is 4.90 Å². The van der Waals surface area contributed by atoms with Crippen LogP contribution in [-0.2, 0) is 0 Å². The van der Waals surface area contributed by atoms with Gasteiger partial charge in [0.05, 0.1) is 16.3 Å². The third-order valence-corrected chi connectivity index (χ3v) is 5.44. The average molecular weight is 383 g/mol. The van der Waals surface area contributed by atoms with Gasteiger partial charge in [-0.15, -0.1) is 23.1 Å². The molecule has 0 saturated heterocycles. The van der Waals surface area contributed by atoms with E-state index in [9.17, 15) is 9.59 Å². The fourth-order valence-corrected chi connectivity index (χ4v) is 3.63. The lowest BCUT2D eigenvalue weighted by atomic mass is 10.1. The van der Waals surface area contributed by atoms with Crippen molar-refractivity contribution >= 4 is 41.0 Å². The summed E-state index contributed by atoms with van der Waals surface area (Å²) in [5.41, 5.74) is 1.29. The van der Waals surface area contributed by atoms with Crippen molar-refractivity contribution in [3.8, 4) is 5.75 Å². The van der Waals surface area contributed by atoms with Crippen LogP contribution in [0.3, 0.4) is 0 Å². The number of ketones is 1. The van der Waals surface area contributed by atoms with E-state index in [4.69, 9.17) is 4.74 Å². The molecular formula is C20H17NO3S2. The van der Waals surface area contributed by atoms with E-state index in [1.807, 2.05) is 36.6 Å². The molecule has 0 aliphatic carbocycles. The van der Waals surface area contributed by atoms with E-state index in [2.05, 4.69) is 4.98 Å². The summed E-state index contributed by atoms with van der Waals surface area (Å²) in [4.78, 5) is 28.4. The molecule has 0 spiro atoms. The summed E-state index contributed by atoms with van der Waals surface area (Å²) in [6.07, 6.45) is 5.29. The molecule has 3 rings (SSSR count). The molecule has 0 amide bonds. The number of thioether (sulfide) groups is 1. The number of methoxy groups -OCH3 is 1. The molecule has 1 N–H and O–H groups in total. The van der Waals surface area contributed by atoms with E-state index >= 15 is 0 Å². The second-order valence-electron chi connectivity index (χ2n) is 5.44. The van der Waals surface area contributed by atoms with Crippen LogP contribution in [-0.4, -0.2) is 24.1 Å². The number of carbonyl (C=O) groups is 1. The van der Waals surface area contributed by atoms with E-state index in [-0.39, 0.29) is 11.3 Å². The summed E-state index contributed by atoms with van der Waals surface area (Å²) < 4.78 is 6.18. The molecule has 0 radical (unpaired) electrons. The third-order valence-electron chi connectivity index (χ3n) is 3.73. The first-order valence-electron chi connectivity index (χ1n) is 7.84. The van der Waals surface area contributed by atoms with Gasteiger partial charge in [0.2, 0.25) is 0 Å². The maximum atomic E-state index is 12.3. The van der Waals surface area contributed by atoms with Crippen molar-refractivity contribution < 1.29 is 9.53 Å². The topological polar surface area (TPSA) is 59.2 Å². The Morgan fingerprint density at radius 2 is 1.81 bits per heavy atom. The van der Waals surface area contributed by atoms with Gasteiger partial charge >= 0.3 is 0 Å². The van der Waals surface area contributed by atoms with Gasteiger partial charge in [0.1, 0.15) is 5.75 Å². The van der Waals surface area contributed by atoms with Crippen LogP contribution in [0.1, 0.15) is 15.9 Å². The zero-order valence-corrected chi connectivity index (χ0v) is 15.9. The molecule has 0 aliphatic heterocycles. The Labute approximate surface area is 158 Å². The summed E-state index contributed by atoms with van der Waals surface area (Å²) >= 11 is 2.93. The number of benzene rings is 2. The van der Waals surface area contributed by atoms with Crippen molar-refractivity contribution in [1.29, 1.82) is 0 Å². The zero-order chi connectivity index (χ0) is 18.5. The second-order valence-corrected chi connectivity index (χ2v) is 7.40. The van der Waals surface area contributed by atoms with Gasteiger partial charge in [0.15, 0.2) is 5.78 Å². The summed E-state index contributed by atoms with van der Waals surface area (Å²) in [6.45, 7) is 0. The molecule has 0 unspecified atom stereocenters. The molecule has 26 heavy (non-hydrogen) atoms. The van der Waals surface area contributed by atoms with E-state index < -0.39 is 0 Å². The number of nitrogens with one attached hydrogen (secondary N) is 1. The summed E-state index contributed by atoms with van der Waals surface area (Å²) in [5, 5.41) is 0. The fourth-order valence-electron chi connectivity index (χ4n) is 2.33. The molecule has 0 atom stereocenters. The number of aromatic amines is 1. The first kappa shape index (κ1) is 18.2. The lowest BCUT2D eigenvalue weighted by Crippen LogP contribution is -2.19. The molecule has 2 aromatic carbocycles. The number of H-pyrrole nitrogens is 1. The maximum absolute atomic E-state index is 12.3. The number of carbonyl (C=O) groups excluding carboxylic acids is 1. The number of ether oxygens (including phenoxy) is 1. The number of hydrogen-bond acceptors (Lipinski definition) is 5. The Morgan fingerprint density at radius 1 is 1.12 bits per heavy atom. The standard InChI is InChI=1S/C20H17NO3S2/c1-24-15-7-5-14(6-8-15)17(22)12-19-21-20(23)18(26-19)11-13-3-9-16(25-2)10-4-13/h3-12H,1-2H3,(H,21,23)/b18-11+,19-12+. The van der Waals surface area contributed by atoms with Crippen LogP contribution in [0, 0.1) is 0 Å². The van der Waals surface area contributed by atoms with Gasteiger partial charge in [0.25, 0.3) is 5.56 Å². The van der Waals surface area contributed by atoms with Crippen LogP contribution in [0.4, 0.5) is 0 Å². The highest BCUT2D eigenvalue weighted by atomic mass is 32.2. The highest BCUT2D eigenvalue weighted by molar-refractivity contribution is 7.98. The van der Waals surface area contributed by atoms with Crippen LogP contribution in [0.5, 0.6) is 5.75 Å². The van der Waals surface area contributed by atoms with Gasteiger partial charge in [0, 0.05) is 16.5 Å². The van der Waals surface area contributed by atoms with Crippen molar-refractivity contribution in [2.24, 2.45) is 0 Å². The number of thiazole rings is 1. The van der Waals surface area contributed by atoms with Gasteiger partial charge in [-0.2, -0.15) is 0 Å². The quantitative estimate of drug-likeness (QED) is 0.544. The van der Waals surface area contributed by atoms with Crippen molar-refractivity contribution in [1.82, 2.24) is 4.98 Å². The molecule has 6 heteroatoms. The molecule has 0 saturated carbocycles. The first-order chi connectivity index (χ1) is 12.6. The van der Waals surface area contributed by atoms with E-state index in [0.717, 1.165) is 5.56 Å². The molecule has 4 nitrogen and oxygen atoms in total. The van der Waals surface area contributed by atoms with Gasteiger partial charge in [-0.05, 0) is 54.3 Å². The minimum absolute atomic E-state index is 0.166. The molecular weight excluding hydrogens is 366 g/mol. The van der Waals surface area contributed by atoms with Gasteiger partial charge in [-0.25, -0.2) is 0 Å². The number of aromatic nitrogens is 1. The highest BCUT2D eigenvalue weighted by Crippen LogP contribution is 2.15. The highest BCUT2D eigenvalue weighted by Gasteiger charge is 2.04. The summed E-state index contributed by atoms with van der Waals surface area (Å²) in [7, 11) is 1.58. The van der Waals surface area contributed by atoms with Gasteiger partial charge in [-0.1, -0.05) is 12.1 Å². The molecule has 1 aromatic heterocycles. The Balaban J connectivity index is 1.90. The Bertz CT molecular complexity index is 1080. The van der Waals surface area contributed by atoms with Crippen LogP contribution in [0.2, 0.25) is 0 Å². The molecule has 1 heterocycles. The van der Waals surface area contributed by atoms with E-state index in [1.54, 1.807) is 43.1 Å². The maximum Gasteiger partial charge on any atom is 0.266 e. The second kappa shape index (κ2) is 8.21. The van der Waals surface area contributed by atoms with Crippen LogP contribution >= 0.6 is 23.1 Å². The first-order valence-corrected chi connectivity index (χ1v) is 9.88. The predicted octanol–water partition coefficient (Wildman–Crippen LogP) is 2.66. The lowest BCUT2D eigenvalue weighted by molar-refractivity contribution is 0.106. The average Bonchev–Trinajstić information content (AvgIpc) is 3.01. The van der Waals surface area contributed by atoms with Gasteiger partial charge in [-0.3, -0.25) is 9.59 Å². The predicted molar refractivity (Wildman–Crippen MR) is 108 cm³/mol. The number of rotatable bonds is 5. The van der Waals surface area contributed by atoms with Crippen LogP contribution in [0.15, 0.2) is 58.2 Å². The number of hydrogen-bond donors (Lipinski definition) is 1. The van der Waals surface area contributed by atoms with Crippen LogP contribution in [0.25, 0.3) is 12.2 Å². The largest absolute Gasteiger partial charge is 0.497 e. The lowest BCUT2D eigenvalue weighted by Gasteiger charge is -1.99. The van der Waals surface area contributed by atoms with E-state index in [0.29, 0.717) is 20.5 Å². The Kier molecular flexibility index (Phi) is 5.75. The van der Waals surface area contributed by atoms with Crippen LogP contribution < -0.4 is 19.5 Å². The minimum atomic E-state index is -0.197. The number of Topliss-reactive ketones (excluding diaryl/α,β-unsaturated/α-hetero) is 1. The molecule has 132 valence electrons. The normalized spacial score (nSPS) is 12.4. The third kappa shape index (κ3) is 4.33. The minimum Gasteiger partial charge on any atom is -0.497 e. The van der Waals surface area contributed by atoms with Crippen molar-refractivity contribution in [3.63, 3.8) is 0 Å². The fraction of sp³-hybridized carbons (Fsp3) is 0.100. The zero-order valence-electron chi connectivity index (χ0n) is 14.3. The molecule has 3 aromatic rings. The SMILES string of the molecule is COc1ccc(C(=O)/C=c2\[nH]c(=O)/c(=C\c3ccc(SC)cc3)s2)cc1. The van der Waals surface area contributed by atoms with Gasteiger partial charge < -0.3 is 9.72 Å². The van der Waals surface area contributed by atoms with Crippen molar-refractivity contribution in [3.05, 3.63) is 79.2 Å². The molecule has 0 bridgehead atoms.